The smallest absolute Gasteiger partial charge is 0.143 e. The van der Waals surface area contributed by atoms with Gasteiger partial charge >= 0.3 is 0 Å². The zero-order valence-electron chi connectivity index (χ0n) is 9.78. The van der Waals surface area contributed by atoms with Crippen LogP contribution in [0.2, 0.25) is 5.02 Å². The third-order valence-corrected chi connectivity index (χ3v) is 4.37. The zero-order chi connectivity index (χ0) is 13.0. The molecule has 0 saturated carbocycles. The van der Waals surface area contributed by atoms with Crippen molar-refractivity contribution in [3.05, 3.63) is 58.0 Å². The van der Waals surface area contributed by atoms with Gasteiger partial charge in [0, 0.05) is 31.0 Å². The lowest BCUT2D eigenvalue weighted by Crippen LogP contribution is -1.76. The number of halogens is 2. The van der Waals surface area contributed by atoms with Crippen LogP contribution in [-0.2, 0) is 0 Å². The Balaban J connectivity index is 2.37. The highest BCUT2D eigenvalue weighted by Crippen LogP contribution is 2.40. The summed E-state index contributed by atoms with van der Waals surface area (Å²) in [5.74, 6) is 0. The van der Waals surface area contributed by atoms with E-state index in [1.54, 1.807) is 0 Å². The predicted octanol–water partition coefficient (Wildman–Crippen LogP) is 6.16. The number of rotatable bonds is 0. The van der Waals surface area contributed by atoms with Gasteiger partial charge in [0.1, 0.15) is 11.2 Å². The maximum absolute atomic E-state index is 6.39. The summed E-state index contributed by atoms with van der Waals surface area (Å²) in [5, 5.41) is 4.94. The number of hydrogen-bond acceptors (Lipinski definition) is 1. The van der Waals surface area contributed by atoms with Gasteiger partial charge in [-0.25, -0.2) is 0 Å². The van der Waals surface area contributed by atoms with Crippen LogP contribution in [0.4, 0.5) is 0 Å². The normalized spacial score (nSPS) is 11.7. The summed E-state index contributed by atoms with van der Waals surface area (Å²) in [5.41, 5.74) is 1.76. The monoisotopic (exact) mass is 330 g/mol. The lowest BCUT2D eigenvalue weighted by Gasteiger charge is -2.01. The van der Waals surface area contributed by atoms with Crippen LogP contribution in [0.15, 0.2) is 57.4 Å². The molecule has 3 aromatic carbocycles. The molecule has 92 valence electrons. The first-order chi connectivity index (χ1) is 9.25. The molecule has 0 unspecified atom stereocenters. The minimum atomic E-state index is 0.751. The zero-order valence-corrected chi connectivity index (χ0v) is 12.1. The summed E-state index contributed by atoms with van der Waals surface area (Å²) >= 11 is 9.97. The lowest BCUT2D eigenvalue weighted by molar-refractivity contribution is 0.672. The van der Waals surface area contributed by atoms with Crippen LogP contribution in [0, 0.1) is 0 Å². The Bertz CT molecular complexity index is 940. The molecule has 1 heterocycles. The fourth-order valence-corrected chi connectivity index (χ4v) is 3.40. The lowest BCUT2D eigenvalue weighted by atomic mass is 10.1. The van der Waals surface area contributed by atoms with E-state index in [2.05, 4.69) is 15.9 Å². The van der Waals surface area contributed by atoms with Crippen LogP contribution in [0.3, 0.4) is 0 Å². The van der Waals surface area contributed by atoms with Gasteiger partial charge in [-0.2, -0.15) is 0 Å². The Kier molecular flexibility index (Phi) is 2.38. The molecule has 0 atom stereocenters. The highest BCUT2D eigenvalue weighted by Gasteiger charge is 2.14. The molecule has 1 aromatic heterocycles. The fourth-order valence-electron chi connectivity index (χ4n) is 2.56. The summed E-state index contributed by atoms with van der Waals surface area (Å²) in [4.78, 5) is 0. The molecule has 3 heteroatoms. The second-order valence-electron chi connectivity index (χ2n) is 4.50. The second kappa shape index (κ2) is 3.99. The minimum Gasteiger partial charge on any atom is -0.455 e. The van der Waals surface area contributed by atoms with Gasteiger partial charge in [-0.05, 0) is 18.2 Å². The second-order valence-corrected chi connectivity index (χ2v) is 5.76. The van der Waals surface area contributed by atoms with Crippen LogP contribution < -0.4 is 0 Å². The summed E-state index contributed by atoms with van der Waals surface area (Å²) in [7, 11) is 0. The van der Waals surface area contributed by atoms with E-state index in [1.807, 2.05) is 48.5 Å². The molecule has 0 N–H and O–H groups in total. The molecular formula is C16H8BrClO. The molecule has 0 aliphatic rings. The van der Waals surface area contributed by atoms with E-state index < -0.39 is 0 Å². The van der Waals surface area contributed by atoms with Crippen LogP contribution in [0.25, 0.3) is 32.7 Å². The topological polar surface area (TPSA) is 13.1 Å². The van der Waals surface area contributed by atoms with Crippen LogP contribution >= 0.6 is 27.5 Å². The van der Waals surface area contributed by atoms with Crippen molar-refractivity contribution in [2.75, 3.05) is 0 Å². The molecule has 0 aliphatic carbocycles. The predicted molar refractivity (Wildman–Crippen MR) is 83.9 cm³/mol. The van der Waals surface area contributed by atoms with Crippen LogP contribution in [-0.4, -0.2) is 0 Å². The van der Waals surface area contributed by atoms with E-state index in [4.69, 9.17) is 16.0 Å². The summed E-state index contributed by atoms with van der Waals surface area (Å²) in [6, 6.07) is 16.0. The average molecular weight is 332 g/mol. The maximum atomic E-state index is 6.39. The van der Waals surface area contributed by atoms with Crippen LogP contribution in [0.5, 0.6) is 0 Å². The van der Waals surface area contributed by atoms with Gasteiger partial charge < -0.3 is 4.42 Å². The molecular weight excluding hydrogens is 324 g/mol. The van der Waals surface area contributed by atoms with Crippen molar-refractivity contribution in [1.82, 2.24) is 0 Å². The van der Waals surface area contributed by atoms with Crippen molar-refractivity contribution in [3.63, 3.8) is 0 Å². The van der Waals surface area contributed by atoms with Crippen molar-refractivity contribution in [3.8, 4) is 0 Å². The Labute approximate surface area is 122 Å². The van der Waals surface area contributed by atoms with E-state index in [1.165, 1.54) is 0 Å². The van der Waals surface area contributed by atoms with Crippen LogP contribution in [0.1, 0.15) is 0 Å². The van der Waals surface area contributed by atoms with Gasteiger partial charge in [0.15, 0.2) is 0 Å². The first-order valence-electron chi connectivity index (χ1n) is 5.93. The first-order valence-corrected chi connectivity index (χ1v) is 7.11. The number of furan rings is 1. The Morgan fingerprint density at radius 3 is 2.53 bits per heavy atom. The standard InChI is InChI=1S/C16H8BrClO/c17-12-6-3-7-14-15(12)11-8-13(18)9-4-1-2-5-10(9)16(11)19-14/h1-8H. The van der Waals surface area contributed by atoms with Gasteiger partial charge in [0.05, 0.1) is 0 Å². The minimum absolute atomic E-state index is 0.751. The maximum Gasteiger partial charge on any atom is 0.143 e. The average Bonchev–Trinajstić information content (AvgIpc) is 2.79. The molecule has 0 saturated heterocycles. The molecule has 0 spiro atoms. The van der Waals surface area contributed by atoms with Crippen molar-refractivity contribution in [1.29, 1.82) is 0 Å². The van der Waals surface area contributed by atoms with Gasteiger partial charge in [-0.3, -0.25) is 0 Å². The van der Waals surface area contributed by atoms with Gasteiger partial charge in [0.25, 0.3) is 0 Å². The van der Waals surface area contributed by atoms with E-state index >= 15 is 0 Å². The molecule has 0 radical (unpaired) electrons. The number of fused-ring (bicyclic) bond motifs is 5. The summed E-state index contributed by atoms with van der Waals surface area (Å²) < 4.78 is 7.04. The summed E-state index contributed by atoms with van der Waals surface area (Å²) in [6.45, 7) is 0. The number of hydrogen-bond donors (Lipinski definition) is 0. The van der Waals surface area contributed by atoms with Gasteiger partial charge in [-0.15, -0.1) is 0 Å². The largest absolute Gasteiger partial charge is 0.455 e. The number of benzene rings is 3. The molecule has 0 amide bonds. The third kappa shape index (κ3) is 1.54. The van der Waals surface area contributed by atoms with Crippen molar-refractivity contribution < 1.29 is 4.42 Å². The molecule has 19 heavy (non-hydrogen) atoms. The quantitative estimate of drug-likeness (QED) is 0.376. The molecule has 4 aromatic rings. The van der Waals surface area contributed by atoms with Crippen molar-refractivity contribution in [2.24, 2.45) is 0 Å². The van der Waals surface area contributed by atoms with Gasteiger partial charge in [0.2, 0.25) is 0 Å². The van der Waals surface area contributed by atoms with E-state index in [0.717, 1.165) is 42.2 Å². The molecule has 0 fully saturated rings. The molecule has 0 bridgehead atoms. The molecule has 1 nitrogen and oxygen atoms in total. The Hall–Kier alpha value is -1.51. The van der Waals surface area contributed by atoms with E-state index in [0.29, 0.717) is 0 Å². The van der Waals surface area contributed by atoms with Crippen molar-refractivity contribution in [2.45, 2.75) is 0 Å². The van der Waals surface area contributed by atoms with E-state index in [9.17, 15) is 0 Å². The fraction of sp³-hybridized carbons (Fsp3) is 0. The SMILES string of the molecule is Clc1cc2c(oc3cccc(Br)c32)c2ccccc12. The Morgan fingerprint density at radius 2 is 1.68 bits per heavy atom. The first kappa shape index (κ1) is 11.3. The highest BCUT2D eigenvalue weighted by molar-refractivity contribution is 9.10. The van der Waals surface area contributed by atoms with E-state index in [-0.39, 0.29) is 0 Å². The third-order valence-electron chi connectivity index (χ3n) is 3.40. The Morgan fingerprint density at radius 1 is 0.895 bits per heavy atom. The molecule has 4 rings (SSSR count). The van der Waals surface area contributed by atoms with Crippen molar-refractivity contribution >= 4 is 60.2 Å². The molecule has 0 aliphatic heterocycles. The van der Waals surface area contributed by atoms with Gasteiger partial charge in [-0.1, -0.05) is 57.9 Å². The summed E-state index contributed by atoms with van der Waals surface area (Å²) in [6.07, 6.45) is 0. The highest BCUT2D eigenvalue weighted by atomic mass is 79.9.